The molecule has 1 aliphatic rings. The van der Waals surface area contributed by atoms with Crippen LogP contribution in [0, 0.1) is 0 Å². The summed E-state index contributed by atoms with van der Waals surface area (Å²) >= 11 is 0. The third-order valence-corrected chi connectivity index (χ3v) is 5.18. The fraction of sp³-hybridized carbons (Fsp3) is 0.381. The minimum absolute atomic E-state index is 0.0174. The van der Waals surface area contributed by atoms with Crippen LogP contribution in [0.4, 0.5) is 0 Å². The number of amides is 1. The molecule has 1 saturated heterocycles. The molecule has 9 heteroatoms. The van der Waals surface area contributed by atoms with Crippen molar-refractivity contribution >= 4 is 5.91 Å². The van der Waals surface area contributed by atoms with Crippen LogP contribution in [-0.2, 0) is 11.3 Å². The smallest absolute Gasteiger partial charge is 0.253 e. The van der Waals surface area contributed by atoms with Gasteiger partial charge in [-0.05, 0) is 43.5 Å². The highest BCUT2D eigenvalue weighted by molar-refractivity contribution is 5.94. The maximum Gasteiger partial charge on any atom is 0.253 e. The maximum atomic E-state index is 12.4. The molecule has 1 amide bonds. The molecule has 3 aromatic rings. The Labute approximate surface area is 174 Å². The fourth-order valence-corrected chi connectivity index (χ4v) is 3.57. The lowest BCUT2D eigenvalue weighted by atomic mass is 9.97. The zero-order valence-corrected chi connectivity index (χ0v) is 16.5. The van der Waals surface area contributed by atoms with Gasteiger partial charge in [0.05, 0.1) is 36.2 Å². The number of aromatic nitrogens is 5. The van der Waals surface area contributed by atoms with Crippen molar-refractivity contribution in [3.63, 3.8) is 0 Å². The third-order valence-electron chi connectivity index (χ3n) is 5.18. The summed E-state index contributed by atoms with van der Waals surface area (Å²) in [5.41, 5.74) is 2.00. The van der Waals surface area contributed by atoms with Gasteiger partial charge in [-0.25, -0.2) is 0 Å². The van der Waals surface area contributed by atoms with Crippen molar-refractivity contribution < 1.29 is 14.6 Å². The molecule has 0 unspecified atom stereocenters. The molecule has 0 bridgehead atoms. The van der Waals surface area contributed by atoms with E-state index in [1.165, 1.54) is 6.20 Å². The second-order valence-corrected chi connectivity index (χ2v) is 7.25. The largest absolute Gasteiger partial charge is 0.394 e. The van der Waals surface area contributed by atoms with Gasteiger partial charge in [0, 0.05) is 25.1 Å². The van der Waals surface area contributed by atoms with Crippen molar-refractivity contribution in [2.45, 2.75) is 44.1 Å². The Morgan fingerprint density at radius 2 is 2.13 bits per heavy atom. The molecule has 3 atom stereocenters. The van der Waals surface area contributed by atoms with E-state index in [1.54, 1.807) is 29.2 Å². The molecule has 0 saturated carbocycles. The Morgan fingerprint density at radius 3 is 2.90 bits per heavy atom. The van der Waals surface area contributed by atoms with Crippen LogP contribution in [0.2, 0.25) is 0 Å². The van der Waals surface area contributed by atoms with Crippen LogP contribution in [0.5, 0.6) is 0 Å². The van der Waals surface area contributed by atoms with Gasteiger partial charge in [0.2, 0.25) is 0 Å². The van der Waals surface area contributed by atoms with E-state index in [-0.39, 0.29) is 24.7 Å². The van der Waals surface area contributed by atoms with Gasteiger partial charge in [-0.3, -0.25) is 19.4 Å². The predicted octanol–water partition coefficient (Wildman–Crippen LogP) is 1.46. The molecule has 1 fully saturated rings. The number of pyridine rings is 2. The summed E-state index contributed by atoms with van der Waals surface area (Å²) < 4.78 is 7.82. The van der Waals surface area contributed by atoms with Gasteiger partial charge in [0.15, 0.2) is 0 Å². The molecule has 1 aliphatic heterocycles. The molecule has 0 spiro atoms. The van der Waals surface area contributed by atoms with Crippen LogP contribution in [0.1, 0.15) is 29.6 Å². The van der Waals surface area contributed by atoms with E-state index in [0.717, 1.165) is 30.7 Å². The van der Waals surface area contributed by atoms with Crippen LogP contribution >= 0.6 is 0 Å². The predicted molar refractivity (Wildman–Crippen MR) is 108 cm³/mol. The highest BCUT2D eigenvalue weighted by atomic mass is 16.5. The van der Waals surface area contributed by atoms with Gasteiger partial charge in [0.1, 0.15) is 11.8 Å². The number of aryl methyl sites for hydroxylation is 1. The number of hydrogen-bond donors (Lipinski definition) is 2. The molecule has 9 nitrogen and oxygen atoms in total. The first kappa shape index (κ1) is 20.1. The Hall–Kier alpha value is -3.17. The summed E-state index contributed by atoms with van der Waals surface area (Å²) in [6, 6.07) is 8.86. The number of nitrogens with one attached hydrogen (secondary N) is 1. The van der Waals surface area contributed by atoms with E-state index >= 15 is 0 Å². The summed E-state index contributed by atoms with van der Waals surface area (Å²) in [6.07, 6.45) is 8.54. The van der Waals surface area contributed by atoms with Crippen LogP contribution < -0.4 is 5.32 Å². The lowest BCUT2D eigenvalue weighted by Crippen LogP contribution is -2.51. The summed E-state index contributed by atoms with van der Waals surface area (Å²) in [4.78, 5) is 20.6. The standard InChI is InChI=1S/C21H24N6O3/c28-14-20-18(24-21(29)15-4-3-9-22-12-15)7-6-16(30-20)8-11-27-13-19(25-26-27)17-5-1-2-10-23-17/h1-5,9-10,12-13,16,18,20,28H,6-8,11,14H2,(H,24,29)/t16-,18+,20+/m1/s1. The minimum atomic E-state index is -0.441. The van der Waals surface area contributed by atoms with E-state index in [2.05, 4.69) is 25.6 Å². The number of aliphatic hydroxyl groups is 1. The molecule has 2 N–H and O–H groups in total. The van der Waals surface area contributed by atoms with E-state index in [4.69, 9.17) is 4.74 Å². The van der Waals surface area contributed by atoms with Gasteiger partial charge < -0.3 is 15.2 Å². The zero-order chi connectivity index (χ0) is 20.8. The topological polar surface area (TPSA) is 115 Å². The molecule has 0 aliphatic carbocycles. The van der Waals surface area contributed by atoms with Crippen molar-refractivity contribution in [3.8, 4) is 11.4 Å². The van der Waals surface area contributed by atoms with Crippen molar-refractivity contribution in [2.24, 2.45) is 0 Å². The average Bonchev–Trinajstić information content (AvgIpc) is 3.28. The molecule has 4 rings (SSSR count). The second-order valence-electron chi connectivity index (χ2n) is 7.25. The average molecular weight is 408 g/mol. The highest BCUT2D eigenvalue weighted by Crippen LogP contribution is 2.23. The molecular weight excluding hydrogens is 384 g/mol. The number of ether oxygens (including phenoxy) is 1. The van der Waals surface area contributed by atoms with Gasteiger partial charge in [-0.2, -0.15) is 0 Å². The van der Waals surface area contributed by atoms with E-state index < -0.39 is 6.10 Å². The lowest BCUT2D eigenvalue weighted by Gasteiger charge is -2.36. The van der Waals surface area contributed by atoms with Crippen LogP contribution in [0.25, 0.3) is 11.4 Å². The Morgan fingerprint density at radius 1 is 1.20 bits per heavy atom. The van der Waals surface area contributed by atoms with E-state index in [0.29, 0.717) is 12.1 Å². The number of hydrogen-bond acceptors (Lipinski definition) is 7. The molecule has 3 aromatic heterocycles. The van der Waals surface area contributed by atoms with E-state index in [1.807, 2.05) is 24.4 Å². The summed E-state index contributed by atoms with van der Waals surface area (Å²) in [7, 11) is 0. The van der Waals surface area contributed by atoms with Crippen molar-refractivity contribution in [3.05, 3.63) is 60.7 Å². The van der Waals surface area contributed by atoms with Crippen LogP contribution in [0.3, 0.4) is 0 Å². The summed E-state index contributed by atoms with van der Waals surface area (Å²) in [5.74, 6) is -0.210. The molecule has 4 heterocycles. The molecule has 0 aromatic carbocycles. The first-order valence-corrected chi connectivity index (χ1v) is 10.0. The Balaban J connectivity index is 1.29. The molecule has 156 valence electrons. The molecular formula is C21H24N6O3. The first-order chi connectivity index (χ1) is 14.7. The first-order valence-electron chi connectivity index (χ1n) is 10.0. The zero-order valence-electron chi connectivity index (χ0n) is 16.5. The van der Waals surface area contributed by atoms with Crippen molar-refractivity contribution in [1.82, 2.24) is 30.3 Å². The minimum Gasteiger partial charge on any atom is -0.394 e. The van der Waals surface area contributed by atoms with Gasteiger partial charge in [0.25, 0.3) is 5.91 Å². The fourth-order valence-electron chi connectivity index (χ4n) is 3.57. The van der Waals surface area contributed by atoms with Crippen molar-refractivity contribution in [2.75, 3.05) is 6.61 Å². The molecule has 30 heavy (non-hydrogen) atoms. The Bertz CT molecular complexity index is 950. The normalized spacial score (nSPS) is 21.3. The van der Waals surface area contributed by atoms with Gasteiger partial charge in [-0.15, -0.1) is 5.10 Å². The highest BCUT2D eigenvalue weighted by Gasteiger charge is 2.32. The Kier molecular flexibility index (Phi) is 6.41. The van der Waals surface area contributed by atoms with Crippen molar-refractivity contribution in [1.29, 1.82) is 0 Å². The maximum absolute atomic E-state index is 12.4. The van der Waals surface area contributed by atoms with Gasteiger partial charge in [-0.1, -0.05) is 11.3 Å². The number of rotatable bonds is 7. The number of carbonyl (C=O) groups excluding carboxylic acids is 1. The third kappa shape index (κ3) is 4.87. The van der Waals surface area contributed by atoms with E-state index in [9.17, 15) is 9.90 Å². The number of nitrogens with zero attached hydrogens (tertiary/aromatic N) is 5. The second kappa shape index (κ2) is 9.55. The van der Waals surface area contributed by atoms with Crippen LogP contribution in [-0.4, -0.2) is 60.8 Å². The lowest BCUT2D eigenvalue weighted by molar-refractivity contribution is -0.0912. The SMILES string of the molecule is O=C(N[C@H]1CC[C@H](CCn2cc(-c3ccccn3)nn2)O[C@H]1CO)c1cccnc1. The molecule has 0 radical (unpaired) electrons. The summed E-state index contributed by atoms with van der Waals surface area (Å²) in [6.45, 7) is 0.497. The number of carbonyl (C=O) groups is 1. The number of aliphatic hydroxyl groups excluding tert-OH is 1. The quantitative estimate of drug-likeness (QED) is 0.608. The van der Waals surface area contributed by atoms with Crippen LogP contribution in [0.15, 0.2) is 55.1 Å². The summed E-state index contributed by atoms with van der Waals surface area (Å²) in [5, 5.41) is 21.0. The monoisotopic (exact) mass is 408 g/mol. The van der Waals surface area contributed by atoms with Gasteiger partial charge >= 0.3 is 0 Å².